The molecule has 18 heavy (non-hydrogen) atoms. The second-order valence-electron chi connectivity index (χ2n) is 4.88. The van der Waals surface area contributed by atoms with E-state index in [2.05, 4.69) is 46.1 Å². The van der Waals surface area contributed by atoms with Gasteiger partial charge in [-0.1, -0.05) is 19.9 Å². The lowest BCUT2D eigenvalue weighted by Gasteiger charge is -2.08. The van der Waals surface area contributed by atoms with Crippen molar-refractivity contribution >= 4 is 23.6 Å². The minimum atomic E-state index is 0.588. The maximum atomic E-state index is 5.27. The van der Waals surface area contributed by atoms with E-state index in [1.54, 1.807) is 0 Å². The van der Waals surface area contributed by atoms with Gasteiger partial charge in [0.15, 0.2) is 4.77 Å². The Balaban J connectivity index is 1.94. The van der Waals surface area contributed by atoms with Gasteiger partial charge < -0.3 is 4.57 Å². The summed E-state index contributed by atoms with van der Waals surface area (Å²) >= 11 is 7.09. The fraction of sp³-hybridized carbons (Fsp3) is 0.538. The van der Waals surface area contributed by atoms with E-state index in [4.69, 9.17) is 12.2 Å². The summed E-state index contributed by atoms with van der Waals surface area (Å²) in [5.74, 6) is 1.68. The zero-order chi connectivity index (χ0) is 13.0. The highest BCUT2D eigenvalue weighted by molar-refractivity contribution is 7.71. The molecule has 3 nitrogen and oxygen atoms in total. The average molecular weight is 281 g/mol. The predicted octanol–water partition coefficient (Wildman–Crippen LogP) is 3.83. The van der Waals surface area contributed by atoms with Crippen LogP contribution in [-0.4, -0.2) is 14.8 Å². The Morgan fingerprint density at radius 1 is 1.44 bits per heavy atom. The number of aryl methyl sites for hydroxylation is 2. The van der Waals surface area contributed by atoms with Crippen molar-refractivity contribution in [1.29, 1.82) is 0 Å². The van der Waals surface area contributed by atoms with Crippen LogP contribution in [0.1, 0.15) is 31.0 Å². The van der Waals surface area contributed by atoms with E-state index in [0.29, 0.717) is 5.92 Å². The van der Waals surface area contributed by atoms with Crippen molar-refractivity contribution in [2.45, 2.75) is 39.7 Å². The van der Waals surface area contributed by atoms with Gasteiger partial charge in [0.25, 0.3) is 0 Å². The van der Waals surface area contributed by atoms with Crippen LogP contribution in [0.2, 0.25) is 0 Å². The van der Waals surface area contributed by atoms with Crippen LogP contribution in [0.3, 0.4) is 0 Å². The third kappa shape index (κ3) is 3.53. The van der Waals surface area contributed by atoms with E-state index in [1.807, 2.05) is 11.3 Å². The van der Waals surface area contributed by atoms with E-state index in [0.717, 1.165) is 36.4 Å². The Hall–Kier alpha value is -0.940. The summed E-state index contributed by atoms with van der Waals surface area (Å²) in [6, 6.07) is 4.30. The van der Waals surface area contributed by atoms with Gasteiger partial charge in [0, 0.05) is 17.8 Å². The van der Waals surface area contributed by atoms with E-state index in [1.165, 1.54) is 4.88 Å². The molecule has 0 radical (unpaired) electrons. The molecule has 0 aliphatic heterocycles. The number of rotatable bonds is 6. The Bertz CT molecular complexity index is 523. The first-order valence-electron chi connectivity index (χ1n) is 6.33. The van der Waals surface area contributed by atoms with Gasteiger partial charge in [-0.15, -0.1) is 11.3 Å². The van der Waals surface area contributed by atoms with Crippen molar-refractivity contribution in [3.05, 3.63) is 33.0 Å². The zero-order valence-electron chi connectivity index (χ0n) is 10.8. The summed E-state index contributed by atoms with van der Waals surface area (Å²) in [6.07, 6.45) is 3.23. The standard InChI is InChI=1S/C13H19N3S2/c1-10(2)9-16-12(14-15-13(16)17)7-3-5-11-6-4-8-18-11/h4,6,8,10H,3,5,7,9H2,1-2H3,(H,15,17). The second-order valence-corrected chi connectivity index (χ2v) is 6.30. The van der Waals surface area contributed by atoms with E-state index < -0.39 is 0 Å². The van der Waals surface area contributed by atoms with Crippen molar-refractivity contribution in [3.8, 4) is 0 Å². The van der Waals surface area contributed by atoms with E-state index >= 15 is 0 Å². The van der Waals surface area contributed by atoms with Gasteiger partial charge in [0.05, 0.1) is 0 Å². The SMILES string of the molecule is CC(C)Cn1c(CCCc2cccs2)n[nH]c1=S. The highest BCUT2D eigenvalue weighted by Gasteiger charge is 2.07. The molecule has 0 atom stereocenters. The van der Waals surface area contributed by atoms with Crippen LogP contribution in [0.4, 0.5) is 0 Å². The van der Waals surface area contributed by atoms with Crippen LogP contribution < -0.4 is 0 Å². The summed E-state index contributed by atoms with van der Waals surface area (Å²) in [4.78, 5) is 1.44. The topological polar surface area (TPSA) is 33.6 Å². The highest BCUT2D eigenvalue weighted by atomic mass is 32.1. The van der Waals surface area contributed by atoms with Crippen molar-refractivity contribution in [3.63, 3.8) is 0 Å². The lowest BCUT2D eigenvalue weighted by Crippen LogP contribution is -2.09. The van der Waals surface area contributed by atoms with Crippen molar-refractivity contribution in [1.82, 2.24) is 14.8 Å². The van der Waals surface area contributed by atoms with Crippen molar-refractivity contribution in [2.24, 2.45) is 5.92 Å². The summed E-state index contributed by atoms with van der Waals surface area (Å²) in [7, 11) is 0. The molecule has 0 aromatic carbocycles. The van der Waals surface area contributed by atoms with E-state index in [-0.39, 0.29) is 0 Å². The van der Waals surface area contributed by atoms with Crippen LogP contribution in [0.15, 0.2) is 17.5 Å². The number of thiophene rings is 1. The number of hydrogen-bond acceptors (Lipinski definition) is 3. The van der Waals surface area contributed by atoms with Crippen LogP contribution >= 0.6 is 23.6 Å². The van der Waals surface area contributed by atoms with Crippen molar-refractivity contribution < 1.29 is 0 Å². The molecule has 2 rings (SSSR count). The average Bonchev–Trinajstić information content (AvgIpc) is 2.93. The third-order valence-corrected chi connectivity index (χ3v) is 4.04. The Labute approximate surface area is 117 Å². The number of hydrogen-bond donors (Lipinski definition) is 1. The van der Waals surface area contributed by atoms with Crippen LogP contribution in [0.25, 0.3) is 0 Å². The molecule has 0 aliphatic carbocycles. The lowest BCUT2D eigenvalue weighted by atomic mass is 10.2. The normalized spacial score (nSPS) is 11.3. The molecule has 0 bridgehead atoms. The van der Waals surface area contributed by atoms with Gasteiger partial charge in [0.2, 0.25) is 0 Å². The van der Waals surface area contributed by atoms with Gasteiger partial charge in [-0.25, -0.2) is 0 Å². The van der Waals surface area contributed by atoms with Gasteiger partial charge in [0.1, 0.15) is 5.82 Å². The molecule has 2 aromatic rings. The summed E-state index contributed by atoms with van der Waals surface area (Å²) in [6.45, 7) is 5.35. The number of nitrogens with zero attached hydrogens (tertiary/aromatic N) is 2. The largest absolute Gasteiger partial charge is 0.304 e. The molecule has 2 aromatic heterocycles. The van der Waals surface area contributed by atoms with E-state index in [9.17, 15) is 0 Å². The van der Waals surface area contributed by atoms with Crippen LogP contribution in [0, 0.1) is 10.7 Å². The molecule has 2 heterocycles. The fourth-order valence-corrected chi connectivity index (χ4v) is 2.95. The van der Waals surface area contributed by atoms with Crippen molar-refractivity contribution in [2.75, 3.05) is 0 Å². The molecule has 0 aliphatic rings. The Morgan fingerprint density at radius 3 is 2.94 bits per heavy atom. The molecule has 5 heteroatoms. The number of aromatic nitrogens is 3. The number of H-pyrrole nitrogens is 1. The third-order valence-electron chi connectivity index (χ3n) is 2.79. The zero-order valence-corrected chi connectivity index (χ0v) is 12.5. The molecule has 98 valence electrons. The predicted molar refractivity (Wildman–Crippen MR) is 78.6 cm³/mol. The van der Waals surface area contributed by atoms with Crippen LogP contribution in [-0.2, 0) is 19.4 Å². The van der Waals surface area contributed by atoms with Gasteiger partial charge in [-0.2, -0.15) is 5.10 Å². The molecule has 0 saturated heterocycles. The first-order valence-corrected chi connectivity index (χ1v) is 7.62. The molecule has 0 fully saturated rings. The maximum Gasteiger partial charge on any atom is 0.195 e. The Kier molecular flexibility index (Phi) is 4.72. The molecule has 0 amide bonds. The summed E-state index contributed by atoms with van der Waals surface area (Å²) in [5, 5.41) is 9.37. The molecule has 0 spiro atoms. The first-order chi connectivity index (χ1) is 8.66. The lowest BCUT2D eigenvalue weighted by molar-refractivity contribution is 0.499. The number of aromatic amines is 1. The molecule has 0 saturated carbocycles. The summed E-state index contributed by atoms with van der Waals surface area (Å²) in [5.41, 5.74) is 0. The monoisotopic (exact) mass is 281 g/mol. The second kappa shape index (κ2) is 6.29. The molecular formula is C13H19N3S2. The minimum absolute atomic E-state index is 0.588. The quantitative estimate of drug-likeness (QED) is 0.816. The minimum Gasteiger partial charge on any atom is -0.304 e. The smallest absolute Gasteiger partial charge is 0.195 e. The fourth-order valence-electron chi connectivity index (χ4n) is 1.97. The highest BCUT2D eigenvalue weighted by Crippen LogP contribution is 2.13. The van der Waals surface area contributed by atoms with Crippen LogP contribution in [0.5, 0.6) is 0 Å². The maximum absolute atomic E-state index is 5.27. The van der Waals surface area contributed by atoms with Gasteiger partial charge >= 0.3 is 0 Å². The summed E-state index contributed by atoms with van der Waals surface area (Å²) < 4.78 is 2.88. The first kappa shape index (κ1) is 13.5. The number of nitrogens with one attached hydrogen (secondary N) is 1. The van der Waals surface area contributed by atoms with Gasteiger partial charge in [-0.05, 0) is 42.4 Å². The van der Waals surface area contributed by atoms with Gasteiger partial charge in [-0.3, -0.25) is 5.10 Å². The molecule has 1 N–H and O–H groups in total. The molecule has 0 unspecified atom stereocenters. The molecular weight excluding hydrogens is 262 g/mol. The Morgan fingerprint density at radius 2 is 2.28 bits per heavy atom.